The fourth-order valence-electron chi connectivity index (χ4n) is 3.88. The van der Waals surface area contributed by atoms with Gasteiger partial charge in [-0.05, 0) is 69.9 Å². The molecule has 0 heterocycles. The Kier molecular flexibility index (Phi) is 10.1. The zero-order valence-corrected chi connectivity index (χ0v) is 22.8. The summed E-state index contributed by atoms with van der Waals surface area (Å²) in [6.07, 6.45) is 4.43. The number of rotatable bonds is 9. The summed E-state index contributed by atoms with van der Waals surface area (Å²) in [6.45, 7) is 8.81. The maximum absolute atomic E-state index is 13.7. The van der Waals surface area contributed by atoms with Gasteiger partial charge in [0.05, 0.1) is 0 Å². The van der Waals surface area contributed by atoms with E-state index in [1.54, 1.807) is 45.0 Å². The Hall–Kier alpha value is -4.32. The van der Waals surface area contributed by atoms with Crippen molar-refractivity contribution in [1.29, 1.82) is 0 Å². The fourth-order valence-corrected chi connectivity index (χ4v) is 3.88. The maximum atomic E-state index is 13.7. The number of aryl methyl sites for hydroxylation is 2. The summed E-state index contributed by atoms with van der Waals surface area (Å²) >= 11 is 0. The van der Waals surface area contributed by atoms with Crippen molar-refractivity contribution >= 4 is 29.5 Å². The highest BCUT2D eigenvalue weighted by molar-refractivity contribution is 5.99. The van der Waals surface area contributed by atoms with E-state index in [0.29, 0.717) is 16.8 Å². The zero-order chi connectivity index (χ0) is 28.6. The number of likely N-dealkylation sites (N-methyl/N-ethyl adjacent to an activating group) is 1. The number of nitrogens with zero attached hydrogens (tertiary/aromatic N) is 1. The fraction of sp³-hybridized carbons (Fsp3) is 0.379. The quantitative estimate of drug-likeness (QED) is 0.435. The molecule has 4 N–H and O–H groups in total. The number of para-hydroxylation sites is 1. The first-order chi connectivity index (χ1) is 17.7. The molecule has 0 aromatic heterocycles. The molecule has 2 atom stereocenters. The summed E-state index contributed by atoms with van der Waals surface area (Å²) < 4.78 is 5.29. The maximum Gasteiger partial charge on any atom is 0.408 e. The minimum absolute atomic E-state index is 0.0704. The van der Waals surface area contributed by atoms with Crippen LogP contribution in [-0.2, 0) is 19.1 Å². The number of nitrogens with one attached hydrogen (secondary N) is 2. The molecule has 9 nitrogen and oxygen atoms in total. The van der Waals surface area contributed by atoms with Crippen LogP contribution >= 0.6 is 0 Å². The smallest absolute Gasteiger partial charge is 0.408 e. The summed E-state index contributed by atoms with van der Waals surface area (Å²) in [4.78, 5) is 52.6. The molecule has 0 spiro atoms. The van der Waals surface area contributed by atoms with E-state index in [-0.39, 0.29) is 12.8 Å². The van der Waals surface area contributed by atoms with Crippen molar-refractivity contribution in [1.82, 2.24) is 10.2 Å². The van der Waals surface area contributed by atoms with Gasteiger partial charge in [-0.2, -0.15) is 0 Å². The Morgan fingerprint density at radius 2 is 1.63 bits per heavy atom. The van der Waals surface area contributed by atoms with Gasteiger partial charge in [0, 0.05) is 24.7 Å². The lowest BCUT2D eigenvalue weighted by molar-refractivity contribution is -0.139. The van der Waals surface area contributed by atoms with E-state index >= 15 is 0 Å². The zero-order valence-electron chi connectivity index (χ0n) is 22.8. The van der Waals surface area contributed by atoms with E-state index in [4.69, 9.17) is 16.9 Å². The van der Waals surface area contributed by atoms with Crippen molar-refractivity contribution in [3.05, 3.63) is 64.7 Å². The molecule has 202 valence electrons. The summed E-state index contributed by atoms with van der Waals surface area (Å²) in [6, 6.07) is 10.1. The summed E-state index contributed by atoms with van der Waals surface area (Å²) in [5.74, 6) is 0.837. The van der Waals surface area contributed by atoms with Crippen LogP contribution in [0, 0.1) is 26.2 Å². The Labute approximate surface area is 224 Å². The van der Waals surface area contributed by atoms with Gasteiger partial charge >= 0.3 is 6.09 Å². The highest BCUT2D eigenvalue weighted by Gasteiger charge is 2.34. The monoisotopic (exact) mass is 520 g/mol. The van der Waals surface area contributed by atoms with Crippen LogP contribution in [0.25, 0.3) is 0 Å². The molecule has 0 saturated heterocycles. The van der Waals surface area contributed by atoms with Gasteiger partial charge in [0.1, 0.15) is 17.7 Å². The number of terminal acetylenes is 1. The van der Waals surface area contributed by atoms with E-state index in [1.165, 1.54) is 11.9 Å². The number of amides is 4. The normalized spacial score (nSPS) is 12.4. The molecular formula is C29H36N4O5. The molecule has 2 aromatic rings. The molecule has 0 aliphatic rings. The first kappa shape index (κ1) is 29.9. The second kappa shape index (κ2) is 12.8. The molecule has 0 radical (unpaired) electrons. The van der Waals surface area contributed by atoms with Crippen LogP contribution in [0.15, 0.2) is 42.5 Å². The van der Waals surface area contributed by atoms with Gasteiger partial charge in [-0.3, -0.25) is 14.4 Å². The van der Waals surface area contributed by atoms with Gasteiger partial charge in [-0.25, -0.2) is 4.79 Å². The van der Waals surface area contributed by atoms with Crippen LogP contribution in [-0.4, -0.2) is 47.4 Å². The Balaban J connectivity index is 2.45. The second-order valence-electron chi connectivity index (χ2n) is 10.1. The Morgan fingerprint density at radius 1 is 1.05 bits per heavy atom. The van der Waals surface area contributed by atoms with E-state index in [1.807, 2.05) is 32.0 Å². The third kappa shape index (κ3) is 8.37. The summed E-state index contributed by atoms with van der Waals surface area (Å²) in [7, 11) is 1.46. The summed E-state index contributed by atoms with van der Waals surface area (Å²) in [5.41, 5.74) is 7.98. The summed E-state index contributed by atoms with van der Waals surface area (Å²) in [5, 5.41) is 5.47. The molecule has 0 saturated carbocycles. The molecule has 2 rings (SSSR count). The SMILES string of the molecule is C#Cc1ccc(C(C(=O)Nc2c(C)cccc2C)N(C)C(=O)C(CCC(N)=O)NC(=O)OC(C)(C)C)cc1. The standard InChI is InChI=1S/C29H36N4O5/c1-8-20-12-14-21(15-13-20)25(26(35)32-24-18(2)10-9-11-19(24)3)33(7)27(36)22(16-17-23(30)34)31-28(37)38-29(4,5)6/h1,9-15,22,25H,16-17H2,2-7H3,(H2,30,34)(H,31,37)(H,32,35). The van der Waals surface area contributed by atoms with E-state index < -0.39 is 41.5 Å². The van der Waals surface area contributed by atoms with Crippen molar-refractivity contribution < 1.29 is 23.9 Å². The molecule has 9 heteroatoms. The predicted molar refractivity (Wildman–Crippen MR) is 146 cm³/mol. The largest absolute Gasteiger partial charge is 0.444 e. The number of primary amides is 1. The van der Waals surface area contributed by atoms with Gasteiger partial charge < -0.3 is 26.0 Å². The lowest BCUT2D eigenvalue weighted by Gasteiger charge is -2.32. The number of nitrogens with two attached hydrogens (primary N) is 1. The number of hydrogen-bond donors (Lipinski definition) is 3. The highest BCUT2D eigenvalue weighted by atomic mass is 16.6. The van der Waals surface area contributed by atoms with Gasteiger partial charge in [-0.1, -0.05) is 36.3 Å². The van der Waals surface area contributed by atoms with Crippen molar-refractivity contribution in [2.24, 2.45) is 5.73 Å². The number of anilines is 1. The molecule has 2 aromatic carbocycles. The van der Waals surface area contributed by atoms with E-state index in [0.717, 1.165) is 11.1 Å². The third-order valence-corrected chi connectivity index (χ3v) is 5.77. The number of alkyl carbamates (subject to hydrolysis) is 1. The van der Waals surface area contributed by atoms with Crippen LogP contribution in [0.4, 0.5) is 10.5 Å². The highest BCUT2D eigenvalue weighted by Crippen LogP contribution is 2.26. The molecular weight excluding hydrogens is 484 g/mol. The average molecular weight is 521 g/mol. The number of hydrogen-bond acceptors (Lipinski definition) is 5. The van der Waals surface area contributed by atoms with Crippen molar-refractivity contribution in [3.63, 3.8) is 0 Å². The minimum atomic E-state index is -1.16. The van der Waals surface area contributed by atoms with Crippen LogP contribution in [0.2, 0.25) is 0 Å². The lowest BCUT2D eigenvalue weighted by atomic mass is 10.0. The van der Waals surface area contributed by atoms with Crippen molar-refractivity contribution in [2.45, 2.75) is 65.1 Å². The van der Waals surface area contributed by atoms with Crippen LogP contribution < -0.4 is 16.4 Å². The molecule has 0 fully saturated rings. The van der Waals surface area contributed by atoms with Crippen LogP contribution in [0.5, 0.6) is 0 Å². The topological polar surface area (TPSA) is 131 Å². The Bertz CT molecular complexity index is 1200. The lowest BCUT2D eigenvalue weighted by Crippen LogP contribution is -2.51. The van der Waals surface area contributed by atoms with Gasteiger partial charge in [-0.15, -0.1) is 6.42 Å². The van der Waals surface area contributed by atoms with Crippen molar-refractivity contribution in [3.8, 4) is 12.3 Å². The number of carbonyl (C=O) groups excluding carboxylic acids is 4. The molecule has 2 unspecified atom stereocenters. The van der Waals surface area contributed by atoms with Crippen molar-refractivity contribution in [2.75, 3.05) is 12.4 Å². The molecule has 0 aliphatic carbocycles. The molecule has 0 bridgehead atoms. The first-order valence-electron chi connectivity index (χ1n) is 12.2. The number of benzene rings is 2. The first-order valence-corrected chi connectivity index (χ1v) is 12.2. The van der Waals surface area contributed by atoms with Gasteiger partial charge in [0.25, 0.3) is 5.91 Å². The van der Waals surface area contributed by atoms with Gasteiger partial charge in [0.15, 0.2) is 0 Å². The molecule has 38 heavy (non-hydrogen) atoms. The number of carbonyl (C=O) groups is 4. The molecule has 0 aliphatic heterocycles. The predicted octanol–water partition coefficient (Wildman–Crippen LogP) is 3.58. The van der Waals surface area contributed by atoms with Crippen LogP contribution in [0.3, 0.4) is 0 Å². The average Bonchev–Trinajstić information content (AvgIpc) is 2.83. The number of ether oxygens (including phenoxy) is 1. The van der Waals surface area contributed by atoms with E-state index in [2.05, 4.69) is 16.6 Å². The van der Waals surface area contributed by atoms with Crippen LogP contribution in [0.1, 0.15) is 61.9 Å². The van der Waals surface area contributed by atoms with E-state index in [9.17, 15) is 19.2 Å². The minimum Gasteiger partial charge on any atom is -0.444 e. The second-order valence-corrected chi connectivity index (χ2v) is 10.1. The molecule has 4 amide bonds. The van der Waals surface area contributed by atoms with Gasteiger partial charge in [0.2, 0.25) is 11.8 Å². The third-order valence-electron chi connectivity index (χ3n) is 5.77. The Morgan fingerprint density at radius 3 is 2.13 bits per heavy atom.